The lowest BCUT2D eigenvalue weighted by molar-refractivity contribution is -0.00318. The Morgan fingerprint density at radius 2 is 2.33 bits per heavy atom. The van der Waals surface area contributed by atoms with Crippen molar-refractivity contribution in [1.82, 2.24) is 10.3 Å². The fraction of sp³-hybridized carbons (Fsp3) is 0.727. The van der Waals surface area contributed by atoms with E-state index >= 15 is 0 Å². The number of nitrogens with zero attached hydrogens (tertiary/aromatic N) is 1. The van der Waals surface area contributed by atoms with Gasteiger partial charge in [0, 0.05) is 19.4 Å². The Kier molecular flexibility index (Phi) is 3.38. The number of rotatable bonds is 3. The third-order valence-corrected chi connectivity index (χ3v) is 3.97. The fourth-order valence-electron chi connectivity index (χ4n) is 1.95. The van der Waals surface area contributed by atoms with E-state index in [1.165, 1.54) is 15.6 Å². The predicted molar refractivity (Wildman–Crippen MR) is 62.4 cm³/mol. The number of likely N-dealkylation sites (N-methyl/N-ethyl adjacent to an activating group) is 1. The molecule has 2 rings (SSSR count). The molecule has 0 fully saturated rings. The van der Waals surface area contributed by atoms with Crippen LogP contribution in [0, 0.1) is 0 Å². The number of ether oxygens (including phenoxy) is 1. The maximum Gasteiger partial charge on any atom is 0.0944 e. The monoisotopic (exact) mass is 226 g/mol. The van der Waals surface area contributed by atoms with Crippen LogP contribution in [-0.2, 0) is 17.6 Å². The third kappa shape index (κ3) is 2.38. The summed E-state index contributed by atoms with van der Waals surface area (Å²) in [5.74, 6) is 0. The van der Waals surface area contributed by atoms with Crippen molar-refractivity contribution in [2.45, 2.75) is 38.9 Å². The summed E-state index contributed by atoms with van der Waals surface area (Å²) in [6, 6.07) is 0. The van der Waals surface area contributed by atoms with E-state index in [4.69, 9.17) is 4.74 Å². The quantitative estimate of drug-likeness (QED) is 0.855. The summed E-state index contributed by atoms with van der Waals surface area (Å²) in [7, 11) is 1.97. The lowest BCUT2D eigenvalue weighted by Gasteiger charge is -2.23. The Balaban J connectivity index is 2.15. The molecule has 0 saturated heterocycles. The van der Waals surface area contributed by atoms with E-state index in [9.17, 15) is 0 Å². The summed E-state index contributed by atoms with van der Waals surface area (Å²) in [5, 5.41) is 4.39. The summed E-state index contributed by atoms with van der Waals surface area (Å²) >= 11 is 1.81. The van der Waals surface area contributed by atoms with E-state index in [1.54, 1.807) is 0 Å². The number of hydrogen-bond acceptors (Lipinski definition) is 4. The van der Waals surface area contributed by atoms with Gasteiger partial charge in [0.15, 0.2) is 0 Å². The molecule has 1 aromatic rings. The lowest BCUT2D eigenvalue weighted by Crippen LogP contribution is -2.20. The van der Waals surface area contributed by atoms with E-state index in [-0.39, 0.29) is 6.10 Å². The number of aromatic nitrogens is 1. The highest BCUT2D eigenvalue weighted by atomic mass is 32.1. The van der Waals surface area contributed by atoms with Gasteiger partial charge in [0.25, 0.3) is 0 Å². The second kappa shape index (κ2) is 4.60. The predicted octanol–water partition coefficient (Wildman–Crippen LogP) is 1.93. The molecule has 0 radical (unpaired) electrons. The van der Waals surface area contributed by atoms with Crippen LogP contribution in [0.5, 0.6) is 0 Å². The smallest absolute Gasteiger partial charge is 0.0944 e. The van der Waals surface area contributed by atoms with Gasteiger partial charge in [-0.15, -0.1) is 11.3 Å². The highest BCUT2D eigenvalue weighted by Gasteiger charge is 2.25. The van der Waals surface area contributed by atoms with Crippen LogP contribution in [0.4, 0.5) is 0 Å². The second-order valence-corrected chi connectivity index (χ2v) is 5.18. The molecule has 0 amide bonds. The first-order valence-corrected chi connectivity index (χ1v) is 6.31. The van der Waals surface area contributed by atoms with E-state index in [2.05, 4.69) is 24.1 Å². The molecule has 4 heteroatoms. The van der Waals surface area contributed by atoms with Crippen LogP contribution in [0.3, 0.4) is 0 Å². The molecule has 1 N–H and O–H groups in total. The highest BCUT2D eigenvalue weighted by Crippen LogP contribution is 2.34. The molecular weight excluding hydrogens is 208 g/mol. The van der Waals surface area contributed by atoms with Crippen molar-refractivity contribution in [2.75, 3.05) is 13.6 Å². The van der Waals surface area contributed by atoms with Gasteiger partial charge < -0.3 is 10.1 Å². The van der Waals surface area contributed by atoms with Crippen LogP contribution < -0.4 is 5.32 Å². The van der Waals surface area contributed by atoms with Crippen molar-refractivity contribution in [2.24, 2.45) is 0 Å². The minimum absolute atomic E-state index is 0.226. The standard InChI is InChI=1S/C11H18N2OS/c1-7-6-9-11(8(2)14-7)15-10(13-9)4-5-12-3/h7-8,12H,4-6H2,1-3H3. The summed E-state index contributed by atoms with van der Waals surface area (Å²) in [6.07, 6.45) is 2.53. The van der Waals surface area contributed by atoms with Gasteiger partial charge in [0.2, 0.25) is 0 Å². The Morgan fingerprint density at radius 3 is 3.07 bits per heavy atom. The largest absolute Gasteiger partial charge is 0.370 e. The number of hydrogen-bond donors (Lipinski definition) is 1. The molecule has 1 aliphatic heterocycles. The minimum Gasteiger partial charge on any atom is -0.370 e. The van der Waals surface area contributed by atoms with Crippen LogP contribution in [0.1, 0.15) is 35.5 Å². The van der Waals surface area contributed by atoms with Gasteiger partial charge >= 0.3 is 0 Å². The van der Waals surface area contributed by atoms with Gasteiger partial charge in [-0.1, -0.05) is 0 Å². The molecule has 1 aromatic heterocycles. The number of fused-ring (bicyclic) bond motifs is 1. The summed E-state index contributed by atoms with van der Waals surface area (Å²) in [6.45, 7) is 5.23. The van der Waals surface area contributed by atoms with Crippen molar-refractivity contribution in [3.63, 3.8) is 0 Å². The van der Waals surface area contributed by atoms with E-state index in [1.807, 2.05) is 18.4 Å². The van der Waals surface area contributed by atoms with Gasteiger partial charge in [0.1, 0.15) is 0 Å². The molecule has 1 aliphatic rings. The number of thiazole rings is 1. The van der Waals surface area contributed by atoms with Crippen molar-refractivity contribution >= 4 is 11.3 Å². The van der Waals surface area contributed by atoms with Crippen LogP contribution in [0.25, 0.3) is 0 Å². The van der Waals surface area contributed by atoms with Gasteiger partial charge in [-0.3, -0.25) is 0 Å². The first kappa shape index (κ1) is 11.0. The van der Waals surface area contributed by atoms with Crippen LogP contribution in [0.2, 0.25) is 0 Å². The number of nitrogens with one attached hydrogen (secondary N) is 1. The van der Waals surface area contributed by atoms with E-state index < -0.39 is 0 Å². The Morgan fingerprint density at radius 1 is 1.53 bits per heavy atom. The third-order valence-electron chi connectivity index (χ3n) is 2.65. The van der Waals surface area contributed by atoms with Gasteiger partial charge in [-0.05, 0) is 20.9 Å². The van der Waals surface area contributed by atoms with Crippen molar-refractivity contribution in [3.05, 3.63) is 15.6 Å². The molecule has 15 heavy (non-hydrogen) atoms. The van der Waals surface area contributed by atoms with E-state index in [0.717, 1.165) is 19.4 Å². The summed E-state index contributed by atoms with van der Waals surface area (Å²) in [5.41, 5.74) is 1.26. The minimum atomic E-state index is 0.226. The Labute approximate surface area is 94.9 Å². The van der Waals surface area contributed by atoms with Crippen molar-refractivity contribution in [1.29, 1.82) is 0 Å². The molecule has 2 atom stereocenters. The molecule has 84 valence electrons. The van der Waals surface area contributed by atoms with Crippen LogP contribution in [0.15, 0.2) is 0 Å². The maximum absolute atomic E-state index is 5.79. The molecular formula is C11H18N2OS. The zero-order valence-corrected chi connectivity index (χ0v) is 10.4. The zero-order chi connectivity index (χ0) is 10.8. The zero-order valence-electron chi connectivity index (χ0n) is 9.54. The topological polar surface area (TPSA) is 34.2 Å². The summed E-state index contributed by atoms with van der Waals surface area (Å²) in [4.78, 5) is 6.02. The Bertz CT molecular complexity index is 337. The average molecular weight is 226 g/mol. The molecule has 0 saturated carbocycles. The van der Waals surface area contributed by atoms with Crippen LogP contribution in [-0.4, -0.2) is 24.7 Å². The molecule has 3 nitrogen and oxygen atoms in total. The first-order chi connectivity index (χ1) is 7.20. The highest BCUT2D eigenvalue weighted by molar-refractivity contribution is 7.11. The molecule has 2 unspecified atom stereocenters. The summed E-state index contributed by atoms with van der Waals surface area (Å²) < 4.78 is 5.79. The van der Waals surface area contributed by atoms with Crippen molar-refractivity contribution in [3.8, 4) is 0 Å². The lowest BCUT2D eigenvalue weighted by atomic mass is 10.1. The molecule has 0 aromatic carbocycles. The van der Waals surface area contributed by atoms with Gasteiger partial charge in [-0.2, -0.15) is 0 Å². The van der Waals surface area contributed by atoms with Gasteiger partial charge in [-0.25, -0.2) is 4.98 Å². The molecule has 0 bridgehead atoms. The normalized spacial score (nSPS) is 25.3. The fourth-order valence-corrected chi connectivity index (χ4v) is 3.03. The second-order valence-electron chi connectivity index (χ2n) is 4.07. The molecule has 0 aliphatic carbocycles. The Hall–Kier alpha value is -0.450. The van der Waals surface area contributed by atoms with E-state index in [0.29, 0.717) is 6.10 Å². The average Bonchev–Trinajstić information content (AvgIpc) is 2.57. The SMILES string of the molecule is CNCCc1nc2c(s1)C(C)OC(C)C2. The van der Waals surface area contributed by atoms with Crippen molar-refractivity contribution < 1.29 is 4.74 Å². The maximum atomic E-state index is 5.79. The van der Waals surface area contributed by atoms with Gasteiger partial charge in [0.05, 0.1) is 27.8 Å². The molecule has 2 heterocycles. The van der Waals surface area contributed by atoms with Crippen LogP contribution >= 0.6 is 11.3 Å². The molecule has 0 spiro atoms. The first-order valence-electron chi connectivity index (χ1n) is 5.49.